The summed E-state index contributed by atoms with van der Waals surface area (Å²) in [5, 5.41) is 7.03. The third-order valence-corrected chi connectivity index (χ3v) is 4.57. The average molecular weight is 345 g/mol. The van der Waals surface area contributed by atoms with Gasteiger partial charge in [-0.1, -0.05) is 37.2 Å². The number of aryl methyl sites for hydroxylation is 2. The van der Waals surface area contributed by atoms with Gasteiger partial charge in [0, 0.05) is 30.1 Å². The molecule has 1 fully saturated rings. The van der Waals surface area contributed by atoms with Crippen LogP contribution in [-0.4, -0.2) is 22.1 Å². The van der Waals surface area contributed by atoms with E-state index in [1.54, 1.807) is 23.1 Å². The van der Waals surface area contributed by atoms with Gasteiger partial charge in [-0.25, -0.2) is 9.18 Å². The van der Waals surface area contributed by atoms with Crippen molar-refractivity contribution in [1.82, 2.24) is 15.4 Å². The summed E-state index contributed by atoms with van der Waals surface area (Å²) in [5.74, 6) is 0.533. The van der Waals surface area contributed by atoms with Gasteiger partial charge in [-0.2, -0.15) is 0 Å². The number of hydrogen-bond donors (Lipinski definition) is 1. The average Bonchev–Trinajstić information content (AvgIpc) is 3.38. The lowest BCUT2D eigenvalue weighted by atomic mass is 10.1. The van der Waals surface area contributed by atoms with E-state index >= 15 is 0 Å². The molecule has 25 heavy (non-hydrogen) atoms. The van der Waals surface area contributed by atoms with E-state index in [9.17, 15) is 9.18 Å². The van der Waals surface area contributed by atoms with Crippen molar-refractivity contribution < 1.29 is 13.7 Å². The molecular formula is C19H24FN3O2. The van der Waals surface area contributed by atoms with Crippen LogP contribution < -0.4 is 5.32 Å². The van der Waals surface area contributed by atoms with Gasteiger partial charge in [-0.15, -0.1) is 0 Å². The van der Waals surface area contributed by atoms with Crippen molar-refractivity contribution in [3.63, 3.8) is 0 Å². The third kappa shape index (κ3) is 4.00. The van der Waals surface area contributed by atoms with Crippen LogP contribution in [0.25, 0.3) is 0 Å². The molecule has 6 heteroatoms. The summed E-state index contributed by atoms with van der Waals surface area (Å²) in [6, 6.07) is 6.62. The summed E-state index contributed by atoms with van der Waals surface area (Å²) >= 11 is 0. The number of halogens is 1. The molecule has 134 valence electrons. The molecule has 2 amide bonds. The maximum absolute atomic E-state index is 13.9. The second-order valence-corrected chi connectivity index (χ2v) is 6.35. The van der Waals surface area contributed by atoms with Crippen LogP contribution in [0.4, 0.5) is 9.18 Å². The second kappa shape index (κ2) is 7.68. The van der Waals surface area contributed by atoms with Crippen molar-refractivity contribution in [2.24, 2.45) is 0 Å². The van der Waals surface area contributed by atoms with Crippen LogP contribution >= 0.6 is 0 Å². The van der Waals surface area contributed by atoms with E-state index < -0.39 is 0 Å². The highest BCUT2D eigenvalue weighted by atomic mass is 19.1. The lowest BCUT2D eigenvalue weighted by Crippen LogP contribution is -2.41. The summed E-state index contributed by atoms with van der Waals surface area (Å²) < 4.78 is 19.3. The van der Waals surface area contributed by atoms with Crippen molar-refractivity contribution in [2.75, 3.05) is 0 Å². The molecular weight excluding hydrogens is 321 g/mol. The number of carbonyl (C=O) groups is 1. The van der Waals surface area contributed by atoms with Crippen LogP contribution in [-0.2, 0) is 25.9 Å². The van der Waals surface area contributed by atoms with Gasteiger partial charge < -0.3 is 14.7 Å². The number of benzene rings is 1. The Morgan fingerprint density at radius 1 is 1.32 bits per heavy atom. The van der Waals surface area contributed by atoms with E-state index in [1.807, 2.05) is 13.8 Å². The van der Waals surface area contributed by atoms with Crippen LogP contribution in [0.15, 0.2) is 28.8 Å². The van der Waals surface area contributed by atoms with Gasteiger partial charge in [0.15, 0.2) is 0 Å². The van der Waals surface area contributed by atoms with Gasteiger partial charge in [0.1, 0.15) is 11.6 Å². The van der Waals surface area contributed by atoms with Crippen LogP contribution in [0, 0.1) is 5.82 Å². The molecule has 1 aliphatic rings. The van der Waals surface area contributed by atoms with E-state index in [2.05, 4.69) is 10.5 Å². The first-order valence-electron chi connectivity index (χ1n) is 8.88. The normalized spacial score (nSPS) is 13.7. The number of nitrogens with zero attached hydrogens (tertiary/aromatic N) is 2. The minimum absolute atomic E-state index is 0.170. The zero-order chi connectivity index (χ0) is 17.8. The molecule has 1 N–H and O–H groups in total. The fraction of sp³-hybridized carbons (Fsp3) is 0.474. The van der Waals surface area contributed by atoms with E-state index in [-0.39, 0.29) is 24.4 Å². The number of nitrogens with one attached hydrogen (secondary N) is 1. The molecule has 5 nitrogen and oxygen atoms in total. The maximum atomic E-state index is 13.9. The Balaban J connectivity index is 1.68. The summed E-state index contributed by atoms with van der Waals surface area (Å²) in [6.07, 6.45) is 3.43. The van der Waals surface area contributed by atoms with Crippen molar-refractivity contribution in [1.29, 1.82) is 0 Å². The predicted molar refractivity (Wildman–Crippen MR) is 92.5 cm³/mol. The van der Waals surface area contributed by atoms with Gasteiger partial charge in [0.2, 0.25) is 0 Å². The topological polar surface area (TPSA) is 58.4 Å². The van der Waals surface area contributed by atoms with Crippen molar-refractivity contribution >= 4 is 6.03 Å². The second-order valence-electron chi connectivity index (χ2n) is 6.35. The fourth-order valence-corrected chi connectivity index (χ4v) is 2.97. The molecule has 1 heterocycles. The Bertz CT molecular complexity index is 719. The van der Waals surface area contributed by atoms with Crippen LogP contribution in [0.1, 0.15) is 49.3 Å². The number of rotatable bonds is 7. The van der Waals surface area contributed by atoms with Crippen molar-refractivity contribution in [3.05, 3.63) is 52.7 Å². The largest absolute Gasteiger partial charge is 0.361 e. The smallest absolute Gasteiger partial charge is 0.318 e. The summed E-state index contributed by atoms with van der Waals surface area (Å²) in [7, 11) is 0. The molecule has 0 spiro atoms. The van der Waals surface area contributed by atoms with Crippen LogP contribution in [0.2, 0.25) is 0 Å². The Morgan fingerprint density at radius 2 is 2.08 bits per heavy atom. The number of carbonyl (C=O) groups excluding carboxylic acids is 1. The van der Waals surface area contributed by atoms with Crippen molar-refractivity contribution in [2.45, 2.75) is 58.7 Å². The molecule has 0 aliphatic heterocycles. The van der Waals surface area contributed by atoms with Crippen LogP contribution in [0.5, 0.6) is 0 Å². The number of aromatic nitrogens is 1. The first-order valence-corrected chi connectivity index (χ1v) is 8.88. The summed E-state index contributed by atoms with van der Waals surface area (Å²) in [4.78, 5) is 14.4. The standard InChI is InChI=1S/C19H24FN3O2/c1-3-17-15(18(4-2)25-22-17)11-21-19(24)23(14-9-10-14)12-13-7-5-6-8-16(13)20/h5-8,14H,3-4,9-12H2,1-2H3,(H,21,24). The Hall–Kier alpha value is -2.37. The highest BCUT2D eigenvalue weighted by molar-refractivity contribution is 5.75. The molecule has 0 unspecified atom stereocenters. The summed E-state index contributed by atoms with van der Waals surface area (Å²) in [5.41, 5.74) is 2.38. The van der Waals surface area contributed by atoms with E-state index in [0.29, 0.717) is 12.1 Å². The molecule has 1 aliphatic carbocycles. The minimum Gasteiger partial charge on any atom is -0.361 e. The Morgan fingerprint density at radius 3 is 2.72 bits per heavy atom. The Kier molecular flexibility index (Phi) is 5.36. The van der Waals surface area contributed by atoms with Crippen molar-refractivity contribution in [3.8, 4) is 0 Å². The minimum atomic E-state index is -0.276. The van der Waals surface area contributed by atoms with E-state index in [4.69, 9.17) is 4.52 Å². The lowest BCUT2D eigenvalue weighted by molar-refractivity contribution is 0.190. The van der Waals surface area contributed by atoms with Gasteiger partial charge in [0.25, 0.3) is 0 Å². The maximum Gasteiger partial charge on any atom is 0.318 e. The number of urea groups is 1. The van der Waals surface area contributed by atoms with E-state index in [1.165, 1.54) is 6.07 Å². The molecule has 2 aromatic rings. The fourth-order valence-electron chi connectivity index (χ4n) is 2.97. The number of hydrogen-bond acceptors (Lipinski definition) is 3. The Labute approximate surface area is 147 Å². The highest BCUT2D eigenvalue weighted by Crippen LogP contribution is 2.29. The molecule has 1 aromatic carbocycles. The number of amides is 2. The van der Waals surface area contributed by atoms with Gasteiger partial charge in [0.05, 0.1) is 12.2 Å². The molecule has 3 rings (SSSR count). The zero-order valence-corrected chi connectivity index (χ0v) is 14.7. The first kappa shape index (κ1) is 17.5. The van der Waals surface area contributed by atoms with Gasteiger partial charge >= 0.3 is 6.03 Å². The third-order valence-electron chi connectivity index (χ3n) is 4.57. The SMILES string of the molecule is CCc1noc(CC)c1CNC(=O)N(Cc1ccccc1F)C1CC1. The lowest BCUT2D eigenvalue weighted by Gasteiger charge is -2.23. The highest BCUT2D eigenvalue weighted by Gasteiger charge is 2.33. The molecule has 1 aromatic heterocycles. The predicted octanol–water partition coefficient (Wildman–Crippen LogP) is 3.81. The molecule has 0 atom stereocenters. The summed E-state index contributed by atoms with van der Waals surface area (Å²) in [6.45, 7) is 4.68. The molecule has 0 bridgehead atoms. The first-order chi connectivity index (χ1) is 12.1. The van der Waals surface area contributed by atoms with Crippen LogP contribution in [0.3, 0.4) is 0 Å². The quantitative estimate of drug-likeness (QED) is 0.830. The molecule has 0 saturated heterocycles. The molecule has 0 radical (unpaired) electrons. The van der Waals surface area contributed by atoms with Gasteiger partial charge in [-0.3, -0.25) is 0 Å². The van der Waals surface area contributed by atoms with E-state index in [0.717, 1.165) is 42.7 Å². The zero-order valence-electron chi connectivity index (χ0n) is 14.7. The van der Waals surface area contributed by atoms with Gasteiger partial charge in [-0.05, 0) is 25.3 Å². The monoisotopic (exact) mass is 345 g/mol. The molecule has 1 saturated carbocycles.